The third-order valence-electron chi connectivity index (χ3n) is 4.66. The average Bonchev–Trinajstić information content (AvgIpc) is 2.58. The number of amides is 1. The summed E-state index contributed by atoms with van der Waals surface area (Å²) in [5, 5.41) is 0. The molecule has 0 N–H and O–H groups in total. The predicted octanol–water partition coefficient (Wildman–Crippen LogP) is 3.74. The molecule has 27 heavy (non-hydrogen) atoms. The van der Waals surface area contributed by atoms with E-state index >= 15 is 0 Å². The second-order valence-electron chi connectivity index (χ2n) is 8.20. The second-order valence-corrected chi connectivity index (χ2v) is 8.20. The molecule has 1 saturated heterocycles. The van der Waals surface area contributed by atoms with Gasteiger partial charge in [0.2, 0.25) is 0 Å². The van der Waals surface area contributed by atoms with E-state index < -0.39 is 11.0 Å². The van der Waals surface area contributed by atoms with Crippen LogP contribution >= 0.6 is 0 Å². The normalized spacial score (nSPS) is 17.0. The maximum absolute atomic E-state index is 13.4. The molecule has 1 aliphatic heterocycles. The number of piperidine rings is 1. The molecule has 1 amide bonds. The van der Waals surface area contributed by atoms with E-state index in [9.17, 15) is 14.0 Å². The summed E-state index contributed by atoms with van der Waals surface area (Å²) in [6, 6.07) is 6.08. The van der Waals surface area contributed by atoms with E-state index in [1.807, 2.05) is 34.9 Å². The molecule has 1 fully saturated rings. The number of ether oxygens (including phenoxy) is 1. The molecule has 0 bridgehead atoms. The van der Waals surface area contributed by atoms with E-state index in [1.165, 1.54) is 12.1 Å². The van der Waals surface area contributed by atoms with Crippen LogP contribution in [-0.2, 0) is 14.9 Å². The van der Waals surface area contributed by atoms with E-state index in [2.05, 4.69) is 0 Å². The van der Waals surface area contributed by atoms with Crippen LogP contribution < -0.4 is 0 Å². The Kier molecular flexibility index (Phi) is 6.29. The number of hydrogen-bond acceptors (Lipinski definition) is 4. The fourth-order valence-electron chi connectivity index (χ4n) is 3.22. The van der Waals surface area contributed by atoms with E-state index in [0.717, 1.165) is 5.56 Å². The van der Waals surface area contributed by atoms with Crippen LogP contribution in [0.3, 0.4) is 0 Å². The standard InChI is InChI=1S/C21H29FN2O3/c1-20(2,3)27-19(26)24-14-11-21(12-15-24,18(25)10-13-23(4)5)16-6-8-17(22)9-7-16/h6-10,13H,11-12,14-15H2,1-5H3. The van der Waals surface area contributed by atoms with Crippen molar-refractivity contribution in [3.8, 4) is 0 Å². The van der Waals surface area contributed by atoms with Gasteiger partial charge in [-0.15, -0.1) is 0 Å². The molecule has 6 heteroatoms. The van der Waals surface area contributed by atoms with Crippen LogP contribution in [-0.4, -0.2) is 54.5 Å². The zero-order valence-electron chi connectivity index (χ0n) is 16.8. The first-order chi connectivity index (χ1) is 12.5. The number of carbonyl (C=O) groups excluding carboxylic acids is 2. The minimum absolute atomic E-state index is 0.0355. The Morgan fingerprint density at radius 1 is 1.15 bits per heavy atom. The van der Waals surface area contributed by atoms with Crippen molar-refractivity contribution >= 4 is 11.9 Å². The van der Waals surface area contributed by atoms with Gasteiger partial charge in [0.25, 0.3) is 0 Å². The summed E-state index contributed by atoms with van der Waals surface area (Å²) >= 11 is 0. The lowest BCUT2D eigenvalue weighted by molar-refractivity contribution is -0.121. The Morgan fingerprint density at radius 2 is 1.70 bits per heavy atom. The molecular weight excluding hydrogens is 347 g/mol. The summed E-state index contributed by atoms with van der Waals surface area (Å²) in [6.07, 6.45) is 3.84. The van der Waals surface area contributed by atoms with Gasteiger partial charge in [0.15, 0.2) is 5.78 Å². The summed E-state index contributed by atoms with van der Waals surface area (Å²) in [7, 11) is 3.69. The fraction of sp³-hybridized carbons (Fsp3) is 0.524. The highest BCUT2D eigenvalue weighted by atomic mass is 19.1. The molecule has 148 valence electrons. The summed E-state index contributed by atoms with van der Waals surface area (Å²) < 4.78 is 18.8. The van der Waals surface area contributed by atoms with Gasteiger partial charge in [-0.05, 0) is 57.4 Å². The van der Waals surface area contributed by atoms with Crippen LogP contribution in [0, 0.1) is 5.82 Å². The number of allylic oxidation sites excluding steroid dienone is 1. The minimum atomic E-state index is -0.765. The maximum atomic E-state index is 13.4. The summed E-state index contributed by atoms with van der Waals surface area (Å²) in [5.74, 6) is -0.372. The van der Waals surface area contributed by atoms with Crippen molar-refractivity contribution in [2.45, 2.75) is 44.6 Å². The summed E-state index contributed by atoms with van der Waals surface area (Å²) in [6.45, 7) is 6.30. The first-order valence-electron chi connectivity index (χ1n) is 9.16. The molecular formula is C21H29FN2O3. The van der Waals surface area contributed by atoms with Gasteiger partial charge in [-0.1, -0.05) is 12.1 Å². The number of benzene rings is 1. The number of likely N-dealkylation sites (tertiary alicyclic amines) is 1. The number of carbonyl (C=O) groups is 2. The third kappa shape index (κ3) is 5.31. The number of ketones is 1. The van der Waals surface area contributed by atoms with Crippen LogP contribution in [0.2, 0.25) is 0 Å². The van der Waals surface area contributed by atoms with E-state index in [-0.39, 0.29) is 17.7 Å². The molecule has 5 nitrogen and oxygen atoms in total. The van der Waals surface area contributed by atoms with Gasteiger partial charge < -0.3 is 14.5 Å². The molecule has 1 aromatic carbocycles. The highest BCUT2D eigenvalue weighted by molar-refractivity contribution is 5.99. The van der Waals surface area contributed by atoms with Gasteiger partial charge in [-0.25, -0.2) is 9.18 Å². The van der Waals surface area contributed by atoms with Crippen LogP contribution in [0.5, 0.6) is 0 Å². The lowest BCUT2D eigenvalue weighted by Crippen LogP contribution is -2.49. The Balaban J connectivity index is 2.25. The van der Waals surface area contributed by atoms with Crippen molar-refractivity contribution in [1.82, 2.24) is 9.80 Å². The highest BCUT2D eigenvalue weighted by Crippen LogP contribution is 2.37. The zero-order chi connectivity index (χ0) is 20.2. The van der Waals surface area contributed by atoms with Crippen molar-refractivity contribution in [2.75, 3.05) is 27.2 Å². The Hall–Kier alpha value is -2.37. The molecule has 0 aromatic heterocycles. The number of rotatable bonds is 4. The lowest BCUT2D eigenvalue weighted by Gasteiger charge is -2.41. The van der Waals surface area contributed by atoms with Gasteiger partial charge in [0.05, 0.1) is 5.41 Å². The largest absolute Gasteiger partial charge is 0.444 e. The number of halogens is 1. The molecule has 1 aliphatic rings. The Labute approximate surface area is 160 Å². The zero-order valence-corrected chi connectivity index (χ0v) is 16.8. The van der Waals surface area contributed by atoms with Crippen LogP contribution in [0.4, 0.5) is 9.18 Å². The second kappa shape index (κ2) is 8.11. The predicted molar refractivity (Wildman–Crippen MR) is 103 cm³/mol. The first-order valence-corrected chi connectivity index (χ1v) is 9.16. The SMILES string of the molecule is CN(C)C=CC(=O)C1(c2ccc(F)cc2)CCN(C(=O)OC(C)(C)C)CC1. The van der Waals surface area contributed by atoms with Crippen LogP contribution in [0.25, 0.3) is 0 Å². The molecule has 2 rings (SSSR count). The minimum Gasteiger partial charge on any atom is -0.444 e. The molecule has 0 aliphatic carbocycles. The van der Waals surface area contributed by atoms with E-state index in [0.29, 0.717) is 25.9 Å². The smallest absolute Gasteiger partial charge is 0.410 e. The quantitative estimate of drug-likeness (QED) is 0.751. The molecule has 0 unspecified atom stereocenters. The van der Waals surface area contributed by atoms with Crippen molar-refractivity contribution in [1.29, 1.82) is 0 Å². The fourth-order valence-corrected chi connectivity index (χ4v) is 3.22. The molecule has 0 saturated carbocycles. The topological polar surface area (TPSA) is 49.9 Å². The monoisotopic (exact) mass is 376 g/mol. The van der Waals surface area contributed by atoms with Crippen molar-refractivity contribution < 1.29 is 18.7 Å². The van der Waals surface area contributed by atoms with Crippen LogP contribution in [0.15, 0.2) is 36.5 Å². The Bertz CT molecular complexity index is 697. The van der Waals surface area contributed by atoms with Gasteiger partial charge in [-0.3, -0.25) is 4.79 Å². The maximum Gasteiger partial charge on any atom is 0.410 e. The molecule has 0 radical (unpaired) electrons. The lowest BCUT2D eigenvalue weighted by atomic mass is 9.69. The van der Waals surface area contributed by atoms with E-state index in [4.69, 9.17) is 4.74 Å². The number of nitrogens with zero attached hydrogens (tertiary/aromatic N) is 2. The van der Waals surface area contributed by atoms with Gasteiger partial charge in [0, 0.05) is 33.4 Å². The molecule has 1 aromatic rings. The van der Waals surface area contributed by atoms with Crippen molar-refractivity contribution in [3.63, 3.8) is 0 Å². The highest BCUT2D eigenvalue weighted by Gasteiger charge is 2.43. The third-order valence-corrected chi connectivity index (χ3v) is 4.66. The van der Waals surface area contributed by atoms with Gasteiger partial charge in [0.1, 0.15) is 11.4 Å². The first kappa shape index (κ1) is 20.9. The number of hydrogen-bond donors (Lipinski definition) is 0. The summed E-state index contributed by atoms with van der Waals surface area (Å²) in [5.41, 5.74) is -0.549. The van der Waals surface area contributed by atoms with Crippen LogP contribution in [0.1, 0.15) is 39.2 Å². The van der Waals surface area contributed by atoms with Gasteiger partial charge in [-0.2, -0.15) is 0 Å². The Morgan fingerprint density at radius 3 is 2.19 bits per heavy atom. The molecule has 0 spiro atoms. The van der Waals surface area contributed by atoms with Crippen molar-refractivity contribution in [2.24, 2.45) is 0 Å². The van der Waals surface area contributed by atoms with Gasteiger partial charge >= 0.3 is 6.09 Å². The average molecular weight is 376 g/mol. The van der Waals surface area contributed by atoms with Crippen molar-refractivity contribution in [3.05, 3.63) is 47.9 Å². The van der Waals surface area contributed by atoms with E-state index in [1.54, 1.807) is 34.2 Å². The summed E-state index contributed by atoms with van der Waals surface area (Å²) in [4.78, 5) is 28.8. The molecule has 0 atom stereocenters. The molecule has 1 heterocycles.